The van der Waals surface area contributed by atoms with Crippen LogP contribution in [-0.2, 0) is 4.74 Å². The van der Waals surface area contributed by atoms with Crippen LogP contribution in [0, 0.1) is 0 Å². The zero-order valence-corrected chi connectivity index (χ0v) is 14.8. The second-order valence-electron chi connectivity index (χ2n) is 5.87. The third kappa shape index (κ3) is 4.49. The normalized spacial score (nSPS) is 11.2. The second-order valence-corrected chi connectivity index (χ2v) is 7.27. The molecule has 0 spiro atoms. The number of amides is 1. The highest BCUT2D eigenvalue weighted by Gasteiger charge is 2.23. The van der Waals surface area contributed by atoms with Crippen molar-refractivity contribution in [2.24, 2.45) is 0 Å². The van der Waals surface area contributed by atoms with Gasteiger partial charge in [-0.3, -0.25) is 5.32 Å². The highest BCUT2D eigenvalue weighted by Crippen LogP contribution is 2.35. The Bertz CT molecular complexity index is 801. The molecule has 24 heavy (non-hydrogen) atoms. The summed E-state index contributed by atoms with van der Waals surface area (Å²) in [6.45, 7) is 5.11. The molecule has 0 saturated carbocycles. The van der Waals surface area contributed by atoms with Crippen LogP contribution in [0.25, 0.3) is 10.6 Å². The van der Waals surface area contributed by atoms with Crippen molar-refractivity contribution in [1.29, 1.82) is 0 Å². The summed E-state index contributed by atoms with van der Waals surface area (Å²) in [5, 5.41) is 12.5. The van der Waals surface area contributed by atoms with Gasteiger partial charge in [0.1, 0.15) is 23.5 Å². The van der Waals surface area contributed by atoms with Crippen LogP contribution in [0.2, 0.25) is 5.02 Å². The molecule has 1 amide bonds. The Kier molecular flexibility index (Phi) is 5.20. The fraction of sp³-hybridized carbons (Fsp3) is 0.267. The highest BCUT2D eigenvalue weighted by atomic mass is 35.5. The number of ether oxygens (including phenoxy) is 1. The third-order valence-corrected chi connectivity index (χ3v) is 4.00. The van der Waals surface area contributed by atoms with Crippen molar-refractivity contribution >= 4 is 53.3 Å². The summed E-state index contributed by atoms with van der Waals surface area (Å²) < 4.78 is 5.12. The maximum atomic E-state index is 11.9. The van der Waals surface area contributed by atoms with E-state index >= 15 is 0 Å². The zero-order valence-electron chi connectivity index (χ0n) is 13.2. The number of aromatic nitrogens is 1. The van der Waals surface area contributed by atoms with Gasteiger partial charge in [0.25, 0.3) is 0 Å². The van der Waals surface area contributed by atoms with Crippen molar-refractivity contribution in [3.8, 4) is 10.6 Å². The lowest BCUT2D eigenvalue weighted by molar-refractivity contribution is 0.0636. The topological polar surface area (TPSA) is 88.5 Å². The van der Waals surface area contributed by atoms with Crippen molar-refractivity contribution < 1.29 is 19.4 Å². The maximum Gasteiger partial charge on any atom is 0.412 e. The number of carboxylic acid groups (broad SMARTS) is 1. The van der Waals surface area contributed by atoms with Crippen molar-refractivity contribution in [2.45, 2.75) is 26.4 Å². The van der Waals surface area contributed by atoms with E-state index in [1.807, 2.05) is 0 Å². The van der Waals surface area contributed by atoms with E-state index in [9.17, 15) is 14.7 Å². The first kappa shape index (κ1) is 18.3. The molecule has 0 fully saturated rings. The summed E-state index contributed by atoms with van der Waals surface area (Å²) >= 11 is 7.09. The predicted molar refractivity (Wildman–Crippen MR) is 94.8 cm³/mol. The summed E-state index contributed by atoms with van der Waals surface area (Å²) in [6, 6.07) is 4.80. The fourth-order valence-corrected chi connectivity index (χ4v) is 3.00. The molecule has 2 radical (unpaired) electrons. The van der Waals surface area contributed by atoms with E-state index in [2.05, 4.69) is 10.3 Å². The van der Waals surface area contributed by atoms with Gasteiger partial charge in [-0.15, -0.1) is 0 Å². The molecule has 0 bridgehead atoms. The van der Waals surface area contributed by atoms with Crippen molar-refractivity contribution in [3.63, 3.8) is 0 Å². The van der Waals surface area contributed by atoms with Crippen LogP contribution in [0.3, 0.4) is 0 Å². The Labute approximate surface area is 149 Å². The van der Waals surface area contributed by atoms with Gasteiger partial charge in [-0.25, -0.2) is 14.6 Å². The second kappa shape index (κ2) is 6.82. The van der Waals surface area contributed by atoms with Crippen LogP contribution in [0.15, 0.2) is 18.2 Å². The highest BCUT2D eigenvalue weighted by molar-refractivity contribution is 7.19. The van der Waals surface area contributed by atoms with E-state index in [-0.39, 0.29) is 10.7 Å². The molecular formula is C15H14BClN2O4S. The molecule has 0 saturated heterocycles. The molecule has 0 unspecified atom stereocenters. The number of rotatable bonds is 3. The van der Waals surface area contributed by atoms with E-state index in [0.717, 1.165) is 11.3 Å². The van der Waals surface area contributed by atoms with E-state index < -0.39 is 17.7 Å². The van der Waals surface area contributed by atoms with Crippen molar-refractivity contribution in [3.05, 3.63) is 28.9 Å². The average molecular weight is 365 g/mol. The van der Waals surface area contributed by atoms with Crippen LogP contribution >= 0.6 is 22.9 Å². The Morgan fingerprint density at radius 1 is 1.38 bits per heavy atom. The first-order chi connectivity index (χ1) is 11.1. The number of benzene rings is 1. The minimum atomic E-state index is -1.27. The Hall–Kier alpha value is -2.06. The summed E-state index contributed by atoms with van der Waals surface area (Å²) in [7, 11) is 5.73. The van der Waals surface area contributed by atoms with Gasteiger partial charge in [-0.05, 0) is 26.8 Å². The average Bonchev–Trinajstić information content (AvgIpc) is 2.83. The van der Waals surface area contributed by atoms with E-state index in [4.69, 9.17) is 24.2 Å². The molecule has 9 heteroatoms. The first-order valence-corrected chi connectivity index (χ1v) is 8.06. The molecule has 6 nitrogen and oxygen atoms in total. The molecule has 0 aliphatic heterocycles. The number of carboxylic acids is 1. The monoisotopic (exact) mass is 364 g/mol. The van der Waals surface area contributed by atoms with Gasteiger partial charge in [0, 0.05) is 5.56 Å². The Morgan fingerprint density at radius 3 is 2.62 bits per heavy atom. The van der Waals surface area contributed by atoms with Crippen molar-refractivity contribution in [2.75, 3.05) is 5.32 Å². The number of carbonyl (C=O) groups excluding carboxylic acids is 1. The van der Waals surface area contributed by atoms with E-state index in [1.54, 1.807) is 39.0 Å². The number of aromatic carboxylic acids is 1. The van der Waals surface area contributed by atoms with Crippen molar-refractivity contribution in [1.82, 2.24) is 4.98 Å². The van der Waals surface area contributed by atoms with Gasteiger partial charge in [-0.2, -0.15) is 0 Å². The number of anilines is 1. The number of hydrogen-bond acceptors (Lipinski definition) is 5. The smallest absolute Gasteiger partial charge is 0.412 e. The van der Waals surface area contributed by atoms with Gasteiger partial charge in [0.05, 0.1) is 5.02 Å². The summed E-state index contributed by atoms with van der Waals surface area (Å²) in [5.41, 5.74) is -0.0538. The molecule has 0 aliphatic carbocycles. The SMILES string of the molecule is [B]c1ccc(Cl)c(-c2nc(C(=O)O)c(NC(=O)OC(C)(C)C)s2)c1. The first-order valence-electron chi connectivity index (χ1n) is 6.86. The van der Waals surface area contributed by atoms with Crippen LogP contribution in [0.4, 0.5) is 9.80 Å². The molecule has 1 aromatic carbocycles. The number of thiazole rings is 1. The molecule has 0 aliphatic rings. The minimum absolute atomic E-state index is 0.0604. The molecule has 1 heterocycles. The van der Waals surface area contributed by atoms with Crippen LogP contribution < -0.4 is 10.8 Å². The largest absolute Gasteiger partial charge is 0.476 e. The standard InChI is InChI=1S/C15H14BClN2O4S/c1-15(2,3)23-14(22)19-12-10(13(20)21)18-11(24-12)8-6-7(16)4-5-9(8)17/h4-6H,1-3H3,(H,19,22)(H,20,21). The molecule has 0 atom stereocenters. The van der Waals surface area contributed by atoms with Crippen LogP contribution in [0.5, 0.6) is 0 Å². The van der Waals surface area contributed by atoms with Crippen LogP contribution in [0.1, 0.15) is 31.3 Å². The van der Waals surface area contributed by atoms with E-state index in [1.165, 1.54) is 0 Å². The van der Waals surface area contributed by atoms with E-state index in [0.29, 0.717) is 21.1 Å². The third-order valence-electron chi connectivity index (χ3n) is 2.67. The van der Waals surface area contributed by atoms with Gasteiger partial charge in [0.2, 0.25) is 0 Å². The summed E-state index contributed by atoms with van der Waals surface area (Å²) in [6.07, 6.45) is -0.765. The molecule has 2 rings (SSSR count). The molecular weight excluding hydrogens is 351 g/mol. The number of hydrogen-bond donors (Lipinski definition) is 2. The molecule has 1 aromatic heterocycles. The fourth-order valence-electron chi connectivity index (χ4n) is 1.77. The lowest BCUT2D eigenvalue weighted by Gasteiger charge is -2.19. The van der Waals surface area contributed by atoms with Gasteiger partial charge in [0.15, 0.2) is 5.69 Å². The number of nitrogens with zero attached hydrogens (tertiary/aromatic N) is 1. The van der Waals surface area contributed by atoms with Gasteiger partial charge in [-0.1, -0.05) is 40.5 Å². The quantitative estimate of drug-likeness (QED) is 0.816. The molecule has 124 valence electrons. The maximum absolute atomic E-state index is 11.9. The lowest BCUT2D eigenvalue weighted by Crippen LogP contribution is -2.27. The van der Waals surface area contributed by atoms with Crippen LogP contribution in [-0.4, -0.2) is 35.6 Å². The van der Waals surface area contributed by atoms with Gasteiger partial charge >= 0.3 is 12.1 Å². The van der Waals surface area contributed by atoms with Gasteiger partial charge < -0.3 is 9.84 Å². The summed E-state index contributed by atoms with van der Waals surface area (Å²) in [5.74, 6) is -1.27. The predicted octanol–water partition coefficient (Wildman–Crippen LogP) is 3.30. The zero-order chi connectivity index (χ0) is 18.1. The Morgan fingerprint density at radius 2 is 2.04 bits per heavy atom. The Balaban J connectivity index is 2.39. The summed E-state index contributed by atoms with van der Waals surface area (Å²) in [4.78, 5) is 27.3. The lowest BCUT2D eigenvalue weighted by atomic mass is 9.94. The minimum Gasteiger partial charge on any atom is -0.476 e. The number of nitrogens with one attached hydrogen (secondary N) is 1. The molecule has 2 aromatic rings. The number of carbonyl (C=O) groups is 2. The molecule has 2 N–H and O–H groups in total. The number of halogens is 1.